The van der Waals surface area contributed by atoms with Gasteiger partial charge in [-0.3, -0.25) is 0 Å². The third-order valence-electron chi connectivity index (χ3n) is 3.68. The van der Waals surface area contributed by atoms with Crippen molar-refractivity contribution < 1.29 is 9.90 Å². The first kappa shape index (κ1) is 13.9. The molecular formula is C14H15ClN4O2. The van der Waals surface area contributed by atoms with Crippen molar-refractivity contribution in [2.45, 2.75) is 13.0 Å². The van der Waals surface area contributed by atoms with Gasteiger partial charge in [-0.1, -0.05) is 23.7 Å². The van der Waals surface area contributed by atoms with Gasteiger partial charge in [0.25, 0.3) is 0 Å². The first-order valence-electron chi connectivity index (χ1n) is 6.73. The van der Waals surface area contributed by atoms with Crippen LogP contribution in [0.15, 0.2) is 24.3 Å². The Bertz CT molecular complexity index is 694. The highest BCUT2D eigenvalue weighted by Gasteiger charge is 2.29. The van der Waals surface area contributed by atoms with Gasteiger partial charge in [0, 0.05) is 25.7 Å². The van der Waals surface area contributed by atoms with Crippen LogP contribution in [0, 0.1) is 0 Å². The molecule has 2 aromatic rings. The lowest BCUT2D eigenvalue weighted by molar-refractivity contribution is 0.136. The zero-order valence-corrected chi connectivity index (χ0v) is 12.3. The number of halogens is 1. The van der Waals surface area contributed by atoms with Gasteiger partial charge in [-0.15, -0.1) is 0 Å². The number of nitrogens with zero attached hydrogens (tertiary/aromatic N) is 4. The van der Waals surface area contributed by atoms with E-state index in [2.05, 4.69) is 9.97 Å². The molecule has 0 aliphatic carbocycles. The average molecular weight is 307 g/mol. The average Bonchev–Trinajstić information content (AvgIpc) is 2.46. The number of rotatable bonds is 1. The molecule has 1 fully saturated rings. The van der Waals surface area contributed by atoms with E-state index in [1.165, 1.54) is 4.90 Å². The normalized spacial score (nSPS) is 19.0. The number of carbonyl (C=O) groups is 1. The lowest BCUT2D eigenvalue weighted by atomic mass is 10.2. The number of piperazine rings is 1. The Morgan fingerprint density at radius 3 is 2.57 bits per heavy atom. The fourth-order valence-corrected chi connectivity index (χ4v) is 2.84. The first-order chi connectivity index (χ1) is 10.1. The maximum atomic E-state index is 11.0. The zero-order chi connectivity index (χ0) is 15.0. The number of fused-ring (bicyclic) bond motifs is 1. The summed E-state index contributed by atoms with van der Waals surface area (Å²) in [7, 11) is 0. The number of aromatic nitrogens is 2. The van der Waals surface area contributed by atoms with Crippen LogP contribution in [-0.4, -0.2) is 51.7 Å². The van der Waals surface area contributed by atoms with Crippen LogP contribution >= 0.6 is 11.6 Å². The fraction of sp³-hybridized carbons (Fsp3) is 0.357. The molecule has 6 nitrogen and oxygen atoms in total. The lowest BCUT2D eigenvalue weighted by Crippen LogP contribution is -2.53. The molecule has 0 spiro atoms. The van der Waals surface area contributed by atoms with E-state index in [9.17, 15) is 4.79 Å². The van der Waals surface area contributed by atoms with Crippen LogP contribution in [0.2, 0.25) is 5.15 Å². The molecule has 1 unspecified atom stereocenters. The van der Waals surface area contributed by atoms with Crippen molar-refractivity contribution in [1.29, 1.82) is 0 Å². The maximum Gasteiger partial charge on any atom is 0.407 e. The molecule has 0 radical (unpaired) electrons. The number of benzene rings is 1. The number of carboxylic acid groups (broad SMARTS) is 1. The molecule has 110 valence electrons. The summed E-state index contributed by atoms with van der Waals surface area (Å²) in [6.45, 7) is 3.38. The summed E-state index contributed by atoms with van der Waals surface area (Å²) in [5, 5.41) is 9.41. The summed E-state index contributed by atoms with van der Waals surface area (Å²) < 4.78 is 0. The lowest BCUT2D eigenvalue weighted by Gasteiger charge is -2.39. The SMILES string of the molecule is CC1CN(C(=O)O)CCN1c1nc2ccccc2nc1Cl. The summed E-state index contributed by atoms with van der Waals surface area (Å²) in [6, 6.07) is 7.55. The van der Waals surface area contributed by atoms with E-state index in [4.69, 9.17) is 16.7 Å². The molecule has 2 heterocycles. The predicted octanol–water partition coefficient (Wildman–Crippen LogP) is 2.47. The molecule has 0 bridgehead atoms. The van der Waals surface area contributed by atoms with E-state index < -0.39 is 6.09 Å². The molecule has 1 aliphatic heterocycles. The van der Waals surface area contributed by atoms with Crippen LogP contribution in [0.4, 0.5) is 10.6 Å². The number of anilines is 1. The smallest absolute Gasteiger partial charge is 0.407 e. The Balaban J connectivity index is 1.93. The van der Waals surface area contributed by atoms with Crippen LogP contribution in [-0.2, 0) is 0 Å². The minimum Gasteiger partial charge on any atom is -0.465 e. The highest BCUT2D eigenvalue weighted by atomic mass is 35.5. The Labute approximate surface area is 127 Å². The second-order valence-corrected chi connectivity index (χ2v) is 5.46. The van der Waals surface area contributed by atoms with Gasteiger partial charge in [-0.05, 0) is 19.1 Å². The number of hydrogen-bond acceptors (Lipinski definition) is 4. The van der Waals surface area contributed by atoms with E-state index in [1.807, 2.05) is 36.1 Å². The van der Waals surface area contributed by atoms with E-state index in [-0.39, 0.29) is 6.04 Å². The minimum absolute atomic E-state index is 0.00260. The quantitative estimate of drug-likeness (QED) is 0.876. The summed E-state index contributed by atoms with van der Waals surface area (Å²) in [6.07, 6.45) is -0.891. The zero-order valence-electron chi connectivity index (χ0n) is 11.5. The molecule has 7 heteroatoms. The molecule has 1 saturated heterocycles. The van der Waals surface area contributed by atoms with Crippen LogP contribution in [0.25, 0.3) is 11.0 Å². The molecule has 1 N–H and O–H groups in total. The number of amides is 1. The van der Waals surface area contributed by atoms with Crippen molar-refractivity contribution in [3.05, 3.63) is 29.4 Å². The van der Waals surface area contributed by atoms with Gasteiger partial charge in [0.1, 0.15) is 0 Å². The Morgan fingerprint density at radius 2 is 1.95 bits per heavy atom. The summed E-state index contributed by atoms with van der Waals surface area (Å²) in [4.78, 5) is 23.4. The van der Waals surface area contributed by atoms with Crippen LogP contribution in [0.3, 0.4) is 0 Å². The van der Waals surface area contributed by atoms with Gasteiger partial charge >= 0.3 is 6.09 Å². The highest BCUT2D eigenvalue weighted by Crippen LogP contribution is 2.27. The third kappa shape index (κ3) is 2.58. The fourth-order valence-electron chi connectivity index (χ4n) is 2.60. The molecule has 21 heavy (non-hydrogen) atoms. The molecule has 1 aromatic carbocycles. The minimum atomic E-state index is -0.891. The topological polar surface area (TPSA) is 69.6 Å². The van der Waals surface area contributed by atoms with Crippen molar-refractivity contribution in [3.63, 3.8) is 0 Å². The molecule has 1 aromatic heterocycles. The molecule has 1 amide bonds. The highest BCUT2D eigenvalue weighted by molar-refractivity contribution is 6.32. The number of para-hydroxylation sites is 2. The Kier molecular flexibility index (Phi) is 3.55. The molecule has 1 atom stereocenters. The standard InChI is InChI=1S/C14H15ClN4O2/c1-9-8-18(14(20)21)6-7-19(9)13-12(15)16-10-4-2-3-5-11(10)17-13/h2-5,9H,6-8H2,1H3,(H,20,21). The van der Waals surface area contributed by atoms with E-state index in [1.54, 1.807) is 0 Å². The second kappa shape index (κ2) is 5.37. The van der Waals surface area contributed by atoms with Crippen molar-refractivity contribution in [2.24, 2.45) is 0 Å². The van der Waals surface area contributed by atoms with E-state index in [0.29, 0.717) is 30.6 Å². The van der Waals surface area contributed by atoms with Crippen LogP contribution in [0.5, 0.6) is 0 Å². The van der Waals surface area contributed by atoms with Crippen LogP contribution in [0.1, 0.15) is 6.92 Å². The molecule has 3 rings (SSSR count). The van der Waals surface area contributed by atoms with E-state index in [0.717, 1.165) is 11.0 Å². The van der Waals surface area contributed by atoms with E-state index >= 15 is 0 Å². The second-order valence-electron chi connectivity index (χ2n) is 5.10. The van der Waals surface area contributed by atoms with Gasteiger partial charge in [-0.25, -0.2) is 14.8 Å². The predicted molar refractivity (Wildman–Crippen MR) is 81.0 cm³/mol. The van der Waals surface area contributed by atoms with Gasteiger partial charge in [0.05, 0.1) is 11.0 Å². The molecule has 0 saturated carbocycles. The Hall–Kier alpha value is -2.08. The summed E-state index contributed by atoms with van der Waals surface area (Å²) in [5.74, 6) is 0.618. The molecular weight excluding hydrogens is 292 g/mol. The molecule has 1 aliphatic rings. The maximum absolute atomic E-state index is 11.0. The van der Waals surface area contributed by atoms with Gasteiger partial charge in [0.2, 0.25) is 0 Å². The summed E-state index contributed by atoms with van der Waals surface area (Å²) in [5.41, 5.74) is 1.54. The first-order valence-corrected chi connectivity index (χ1v) is 7.11. The number of hydrogen-bond donors (Lipinski definition) is 1. The van der Waals surface area contributed by atoms with Gasteiger partial charge in [-0.2, -0.15) is 0 Å². The van der Waals surface area contributed by atoms with Crippen molar-refractivity contribution in [3.8, 4) is 0 Å². The van der Waals surface area contributed by atoms with Crippen LogP contribution < -0.4 is 4.90 Å². The van der Waals surface area contributed by atoms with Crippen molar-refractivity contribution in [1.82, 2.24) is 14.9 Å². The Morgan fingerprint density at radius 1 is 1.29 bits per heavy atom. The largest absolute Gasteiger partial charge is 0.465 e. The van der Waals surface area contributed by atoms with Crippen molar-refractivity contribution in [2.75, 3.05) is 24.5 Å². The summed E-state index contributed by atoms with van der Waals surface area (Å²) >= 11 is 6.26. The van der Waals surface area contributed by atoms with Gasteiger partial charge in [0.15, 0.2) is 11.0 Å². The monoisotopic (exact) mass is 306 g/mol. The van der Waals surface area contributed by atoms with Gasteiger partial charge < -0.3 is 14.9 Å². The third-order valence-corrected chi connectivity index (χ3v) is 3.93. The van der Waals surface area contributed by atoms with Crippen molar-refractivity contribution >= 4 is 34.5 Å².